The lowest BCUT2D eigenvalue weighted by molar-refractivity contribution is -0.142. The summed E-state index contributed by atoms with van der Waals surface area (Å²) < 4.78 is 5.56. The minimum absolute atomic E-state index is 0. The van der Waals surface area contributed by atoms with Crippen LogP contribution in [0, 0.1) is 0 Å². The SMILES string of the molecule is CN=C(NC1CC1c1ccc(C(C)C)cc1)N1CCN(C(=O)C2CCCO2)CC1.I. The first-order chi connectivity index (χ1) is 14.1. The molecule has 3 fully saturated rings. The fourth-order valence-corrected chi connectivity index (χ4v) is 4.43. The van der Waals surface area contributed by atoms with Gasteiger partial charge in [0.15, 0.2) is 5.96 Å². The van der Waals surface area contributed by atoms with Crippen molar-refractivity contribution in [2.75, 3.05) is 39.8 Å². The standard InChI is InChI=1S/C23H34N4O2.HI/c1-16(2)17-6-8-18(9-7-17)19-15-20(19)25-23(24-3)27-12-10-26(11-13-27)22(28)21-5-4-14-29-21;/h6-9,16,19-21H,4-5,10-15H2,1-3H3,(H,24,25);1H. The van der Waals surface area contributed by atoms with Crippen molar-refractivity contribution in [3.05, 3.63) is 35.4 Å². The second-order valence-electron chi connectivity index (χ2n) is 8.78. The Kier molecular flexibility index (Phi) is 8.01. The van der Waals surface area contributed by atoms with Crippen LogP contribution in [0.25, 0.3) is 0 Å². The Hall–Kier alpha value is -1.35. The van der Waals surface area contributed by atoms with Gasteiger partial charge in [-0.05, 0) is 36.3 Å². The molecule has 30 heavy (non-hydrogen) atoms. The lowest BCUT2D eigenvalue weighted by atomic mass is 10.0. The second-order valence-corrected chi connectivity index (χ2v) is 8.78. The van der Waals surface area contributed by atoms with Crippen LogP contribution >= 0.6 is 24.0 Å². The molecule has 6 nitrogen and oxygen atoms in total. The van der Waals surface area contributed by atoms with E-state index in [4.69, 9.17) is 4.74 Å². The molecule has 1 amide bonds. The van der Waals surface area contributed by atoms with Gasteiger partial charge in [0.1, 0.15) is 6.10 Å². The molecule has 2 saturated heterocycles. The van der Waals surface area contributed by atoms with Gasteiger partial charge in [0.2, 0.25) is 0 Å². The van der Waals surface area contributed by atoms with Crippen molar-refractivity contribution < 1.29 is 9.53 Å². The van der Waals surface area contributed by atoms with Crippen LogP contribution in [0.5, 0.6) is 0 Å². The first-order valence-corrected chi connectivity index (χ1v) is 11.1. The molecule has 166 valence electrons. The highest BCUT2D eigenvalue weighted by Crippen LogP contribution is 2.41. The Bertz CT molecular complexity index is 738. The molecule has 1 N–H and O–H groups in total. The fraction of sp³-hybridized carbons (Fsp3) is 0.652. The molecule has 0 aromatic heterocycles. The normalized spacial score (nSPS) is 26.5. The summed E-state index contributed by atoms with van der Waals surface area (Å²) in [6, 6.07) is 9.52. The van der Waals surface area contributed by atoms with Crippen molar-refractivity contribution in [3.63, 3.8) is 0 Å². The average Bonchev–Trinajstić information content (AvgIpc) is 3.30. The molecule has 0 bridgehead atoms. The molecule has 2 aliphatic heterocycles. The Morgan fingerprint density at radius 3 is 2.37 bits per heavy atom. The number of nitrogens with one attached hydrogen (secondary N) is 1. The number of nitrogens with zero attached hydrogens (tertiary/aromatic N) is 3. The van der Waals surface area contributed by atoms with Gasteiger partial charge in [-0.1, -0.05) is 38.1 Å². The van der Waals surface area contributed by atoms with Crippen molar-refractivity contribution in [1.82, 2.24) is 15.1 Å². The zero-order chi connectivity index (χ0) is 20.4. The summed E-state index contributed by atoms with van der Waals surface area (Å²) in [6.45, 7) is 8.30. The van der Waals surface area contributed by atoms with Crippen LogP contribution in [0.4, 0.5) is 0 Å². The molecule has 1 aromatic carbocycles. The van der Waals surface area contributed by atoms with E-state index in [-0.39, 0.29) is 36.0 Å². The molecule has 3 unspecified atom stereocenters. The number of benzene rings is 1. The number of halogens is 1. The Morgan fingerprint density at radius 2 is 1.80 bits per heavy atom. The number of carbonyl (C=O) groups excluding carboxylic acids is 1. The molecule has 1 saturated carbocycles. The highest BCUT2D eigenvalue weighted by Gasteiger charge is 2.40. The summed E-state index contributed by atoms with van der Waals surface area (Å²) in [7, 11) is 1.85. The lowest BCUT2D eigenvalue weighted by Crippen LogP contribution is -2.55. The third-order valence-corrected chi connectivity index (χ3v) is 6.44. The lowest BCUT2D eigenvalue weighted by Gasteiger charge is -2.37. The third-order valence-electron chi connectivity index (χ3n) is 6.44. The molecule has 4 rings (SSSR count). The maximum absolute atomic E-state index is 12.5. The number of aliphatic imine (C=N–C) groups is 1. The highest BCUT2D eigenvalue weighted by molar-refractivity contribution is 14.0. The van der Waals surface area contributed by atoms with Crippen LogP contribution in [-0.4, -0.2) is 73.6 Å². The molecule has 2 heterocycles. The summed E-state index contributed by atoms with van der Waals surface area (Å²) in [4.78, 5) is 21.3. The zero-order valence-electron chi connectivity index (χ0n) is 18.3. The minimum atomic E-state index is -0.215. The van der Waals surface area contributed by atoms with Crippen molar-refractivity contribution in [1.29, 1.82) is 0 Å². The largest absolute Gasteiger partial charge is 0.368 e. The van der Waals surface area contributed by atoms with Crippen LogP contribution in [-0.2, 0) is 9.53 Å². The van der Waals surface area contributed by atoms with E-state index in [9.17, 15) is 4.79 Å². The summed E-state index contributed by atoms with van der Waals surface area (Å²) in [6.07, 6.45) is 2.80. The van der Waals surface area contributed by atoms with Gasteiger partial charge >= 0.3 is 0 Å². The molecule has 3 aliphatic rings. The predicted octanol–water partition coefficient (Wildman–Crippen LogP) is 3.18. The van der Waals surface area contributed by atoms with E-state index in [1.54, 1.807) is 0 Å². The summed E-state index contributed by atoms with van der Waals surface area (Å²) in [5.41, 5.74) is 2.81. The summed E-state index contributed by atoms with van der Waals surface area (Å²) in [5.74, 6) is 2.26. The Balaban J connectivity index is 0.00000256. The number of amides is 1. The van der Waals surface area contributed by atoms with Crippen LogP contribution in [0.15, 0.2) is 29.3 Å². The van der Waals surface area contributed by atoms with E-state index < -0.39 is 0 Å². The monoisotopic (exact) mass is 526 g/mol. The van der Waals surface area contributed by atoms with Gasteiger partial charge in [-0.2, -0.15) is 0 Å². The fourth-order valence-electron chi connectivity index (χ4n) is 4.43. The smallest absolute Gasteiger partial charge is 0.251 e. The minimum Gasteiger partial charge on any atom is -0.368 e. The van der Waals surface area contributed by atoms with Crippen LogP contribution in [0.1, 0.15) is 56.1 Å². The van der Waals surface area contributed by atoms with Crippen molar-refractivity contribution in [2.45, 2.75) is 57.1 Å². The molecule has 1 aliphatic carbocycles. The molecular weight excluding hydrogens is 491 g/mol. The molecule has 3 atom stereocenters. The maximum Gasteiger partial charge on any atom is 0.251 e. The Labute approximate surface area is 197 Å². The first-order valence-electron chi connectivity index (χ1n) is 11.1. The zero-order valence-corrected chi connectivity index (χ0v) is 20.7. The quantitative estimate of drug-likeness (QED) is 0.372. The van der Waals surface area contributed by atoms with Crippen molar-refractivity contribution >= 4 is 35.8 Å². The van der Waals surface area contributed by atoms with Gasteiger partial charge < -0.3 is 19.9 Å². The number of hydrogen-bond acceptors (Lipinski definition) is 3. The number of carbonyl (C=O) groups is 1. The van der Waals surface area contributed by atoms with Gasteiger partial charge in [0, 0.05) is 51.8 Å². The van der Waals surface area contributed by atoms with Gasteiger partial charge in [-0.25, -0.2) is 0 Å². The van der Waals surface area contributed by atoms with E-state index in [0.717, 1.165) is 58.0 Å². The molecule has 0 radical (unpaired) electrons. The number of guanidine groups is 1. The topological polar surface area (TPSA) is 57.2 Å². The Morgan fingerprint density at radius 1 is 1.13 bits per heavy atom. The van der Waals surface area contributed by atoms with Crippen molar-refractivity contribution in [3.8, 4) is 0 Å². The van der Waals surface area contributed by atoms with Crippen molar-refractivity contribution in [2.24, 2.45) is 4.99 Å². The van der Waals surface area contributed by atoms with Crippen LogP contribution in [0.2, 0.25) is 0 Å². The van der Waals surface area contributed by atoms with E-state index in [0.29, 0.717) is 17.9 Å². The molecule has 1 aromatic rings. The van der Waals surface area contributed by atoms with Crippen LogP contribution < -0.4 is 5.32 Å². The van der Waals surface area contributed by atoms with Gasteiger partial charge in [-0.15, -0.1) is 24.0 Å². The van der Waals surface area contributed by atoms with Crippen LogP contribution in [0.3, 0.4) is 0 Å². The van der Waals surface area contributed by atoms with Gasteiger partial charge in [0.25, 0.3) is 5.91 Å². The van der Waals surface area contributed by atoms with E-state index in [1.165, 1.54) is 11.1 Å². The van der Waals surface area contributed by atoms with E-state index >= 15 is 0 Å². The number of rotatable bonds is 4. The summed E-state index contributed by atoms with van der Waals surface area (Å²) in [5, 5.41) is 3.64. The average molecular weight is 526 g/mol. The van der Waals surface area contributed by atoms with E-state index in [2.05, 4.69) is 53.3 Å². The highest BCUT2D eigenvalue weighted by atomic mass is 127. The first kappa shape index (κ1) is 23.3. The van der Waals surface area contributed by atoms with Gasteiger partial charge in [-0.3, -0.25) is 9.79 Å². The van der Waals surface area contributed by atoms with E-state index in [1.807, 2.05) is 11.9 Å². The maximum atomic E-state index is 12.5. The molecule has 0 spiro atoms. The second kappa shape index (κ2) is 10.3. The third kappa shape index (κ3) is 5.28. The number of hydrogen-bond donors (Lipinski definition) is 1. The number of piperazine rings is 1. The summed E-state index contributed by atoms with van der Waals surface area (Å²) >= 11 is 0. The molecule has 7 heteroatoms. The van der Waals surface area contributed by atoms with Gasteiger partial charge in [0.05, 0.1) is 0 Å². The molecular formula is C23H35IN4O2. The predicted molar refractivity (Wildman–Crippen MR) is 131 cm³/mol. The number of ether oxygens (including phenoxy) is 1.